The fraction of sp³-hybridized carbons (Fsp3) is 0.0625. The second-order valence-corrected chi connectivity index (χ2v) is 6.08. The summed E-state index contributed by atoms with van der Waals surface area (Å²) in [5, 5.41) is 16.8. The predicted molar refractivity (Wildman–Crippen MR) is 91.4 cm³/mol. The van der Waals surface area contributed by atoms with E-state index in [9.17, 15) is 4.79 Å². The molecule has 0 atom stereocenters. The first-order valence-electron chi connectivity index (χ1n) is 7.34. The first-order chi connectivity index (χ1) is 12.2. The van der Waals surface area contributed by atoms with Gasteiger partial charge >= 0.3 is 0 Å². The molecular weight excluding hydrogens is 338 g/mol. The Morgan fingerprint density at radius 1 is 1.28 bits per heavy atom. The van der Waals surface area contributed by atoms with Crippen molar-refractivity contribution in [2.75, 3.05) is 0 Å². The van der Waals surface area contributed by atoms with Gasteiger partial charge in [0.05, 0.1) is 11.4 Å². The average Bonchev–Trinajstić information content (AvgIpc) is 3.28. The van der Waals surface area contributed by atoms with Crippen LogP contribution in [0.1, 0.15) is 11.3 Å². The summed E-state index contributed by atoms with van der Waals surface area (Å²) in [5.74, 6) is 0.431. The number of hydrogen-bond donors (Lipinski definition) is 1. The highest BCUT2D eigenvalue weighted by Crippen LogP contribution is 2.19. The Morgan fingerprint density at radius 2 is 2.12 bits per heavy atom. The number of nitriles is 1. The van der Waals surface area contributed by atoms with E-state index in [1.54, 1.807) is 11.0 Å². The number of H-pyrrole nitrogens is 1. The van der Waals surface area contributed by atoms with Crippen LogP contribution in [0.3, 0.4) is 0 Å². The maximum absolute atomic E-state index is 12.1. The molecule has 0 saturated heterocycles. The Balaban J connectivity index is 1.56. The zero-order valence-corrected chi connectivity index (χ0v) is 13.6. The number of thioether (sulfide) groups is 1. The van der Waals surface area contributed by atoms with Gasteiger partial charge in [-0.1, -0.05) is 30.0 Å². The maximum atomic E-state index is 12.1. The Morgan fingerprint density at radius 3 is 2.92 bits per heavy atom. The van der Waals surface area contributed by atoms with E-state index in [-0.39, 0.29) is 5.56 Å². The Kier molecular flexibility index (Phi) is 3.80. The van der Waals surface area contributed by atoms with Gasteiger partial charge in [0, 0.05) is 18.0 Å². The molecule has 8 nitrogen and oxygen atoms in total. The molecule has 0 saturated carbocycles. The molecule has 0 bridgehead atoms. The number of benzene rings is 1. The van der Waals surface area contributed by atoms with Gasteiger partial charge in [-0.2, -0.15) is 5.26 Å². The third-order valence-corrected chi connectivity index (χ3v) is 4.40. The van der Waals surface area contributed by atoms with Crippen LogP contribution in [-0.2, 0) is 5.75 Å². The fourth-order valence-electron chi connectivity index (χ4n) is 2.34. The molecule has 0 aliphatic rings. The molecule has 9 heteroatoms. The normalized spacial score (nSPS) is 10.8. The summed E-state index contributed by atoms with van der Waals surface area (Å²) in [6.45, 7) is 0. The predicted octanol–water partition coefficient (Wildman–Crippen LogP) is 1.77. The van der Waals surface area contributed by atoms with Gasteiger partial charge in [0.25, 0.3) is 5.56 Å². The molecule has 0 unspecified atom stereocenters. The molecule has 4 aromatic rings. The average molecular weight is 349 g/mol. The van der Waals surface area contributed by atoms with Crippen LogP contribution in [0.2, 0.25) is 0 Å². The SMILES string of the molecule is N#Cc1c[nH]n2c(=O)cc(CSc3ncn(-c4ccccc4)n3)nc12. The van der Waals surface area contributed by atoms with Crippen molar-refractivity contribution >= 4 is 17.4 Å². The number of nitrogens with zero attached hydrogens (tertiary/aromatic N) is 6. The van der Waals surface area contributed by atoms with Crippen LogP contribution in [0, 0.1) is 11.3 Å². The van der Waals surface area contributed by atoms with Gasteiger partial charge in [-0.15, -0.1) is 5.10 Å². The molecule has 25 heavy (non-hydrogen) atoms. The minimum atomic E-state index is -0.259. The van der Waals surface area contributed by atoms with E-state index in [0.29, 0.717) is 27.8 Å². The fourth-order valence-corrected chi connectivity index (χ4v) is 3.03. The lowest BCUT2D eigenvalue weighted by Crippen LogP contribution is -2.15. The van der Waals surface area contributed by atoms with Crippen LogP contribution in [0.25, 0.3) is 11.3 Å². The topological polar surface area (TPSA) is 105 Å². The monoisotopic (exact) mass is 349 g/mol. The molecule has 0 aliphatic heterocycles. The van der Waals surface area contributed by atoms with Crippen LogP contribution >= 0.6 is 11.8 Å². The summed E-state index contributed by atoms with van der Waals surface area (Å²) in [5.41, 5.74) is 1.89. The maximum Gasteiger partial charge on any atom is 0.272 e. The number of nitrogens with one attached hydrogen (secondary N) is 1. The van der Waals surface area contributed by atoms with Crippen LogP contribution in [0.15, 0.2) is 58.9 Å². The number of fused-ring (bicyclic) bond motifs is 1. The number of hydrogen-bond acceptors (Lipinski definition) is 6. The zero-order valence-electron chi connectivity index (χ0n) is 12.8. The van der Waals surface area contributed by atoms with E-state index < -0.39 is 0 Å². The largest absolute Gasteiger partial charge is 0.295 e. The van der Waals surface area contributed by atoms with Crippen molar-refractivity contribution in [3.8, 4) is 11.8 Å². The van der Waals surface area contributed by atoms with Gasteiger partial charge < -0.3 is 0 Å². The van der Waals surface area contributed by atoms with E-state index in [1.807, 2.05) is 36.4 Å². The van der Waals surface area contributed by atoms with Crippen molar-refractivity contribution in [1.82, 2.24) is 29.4 Å². The number of rotatable bonds is 4. The van der Waals surface area contributed by atoms with Crippen molar-refractivity contribution < 1.29 is 0 Å². The Bertz CT molecular complexity index is 1140. The van der Waals surface area contributed by atoms with Gasteiger partial charge in [-0.05, 0) is 12.1 Å². The van der Waals surface area contributed by atoms with Crippen LogP contribution < -0.4 is 5.56 Å². The smallest absolute Gasteiger partial charge is 0.272 e. The summed E-state index contributed by atoms with van der Waals surface area (Å²) >= 11 is 1.38. The Hall–Kier alpha value is -3.38. The minimum Gasteiger partial charge on any atom is -0.295 e. The summed E-state index contributed by atoms with van der Waals surface area (Å²) in [6, 6.07) is 13.1. The highest BCUT2D eigenvalue weighted by atomic mass is 32.2. The van der Waals surface area contributed by atoms with Gasteiger partial charge in [-0.25, -0.2) is 19.2 Å². The number of para-hydroxylation sites is 1. The summed E-state index contributed by atoms with van der Waals surface area (Å²) < 4.78 is 2.93. The molecule has 1 aromatic carbocycles. The van der Waals surface area contributed by atoms with Gasteiger partial charge in [0.2, 0.25) is 5.16 Å². The molecule has 1 N–H and O–H groups in total. The first kappa shape index (κ1) is 15.2. The molecule has 122 valence electrons. The number of aromatic amines is 1. The lowest BCUT2D eigenvalue weighted by atomic mass is 10.3. The summed E-state index contributed by atoms with van der Waals surface area (Å²) in [4.78, 5) is 20.7. The quantitative estimate of drug-likeness (QED) is 0.563. The van der Waals surface area contributed by atoms with Gasteiger partial charge in [0.1, 0.15) is 18.0 Å². The summed E-state index contributed by atoms with van der Waals surface area (Å²) in [6.07, 6.45) is 3.10. The molecule has 4 rings (SSSR count). The standard InChI is InChI=1S/C16H11N7OS/c17-7-11-8-19-23-14(24)6-12(20-15(11)23)9-25-16-18-10-22(21-16)13-4-2-1-3-5-13/h1-6,8,10,19H,9H2. The molecule has 3 heterocycles. The molecule has 3 aromatic heterocycles. The first-order valence-corrected chi connectivity index (χ1v) is 8.33. The van der Waals surface area contributed by atoms with E-state index in [0.717, 1.165) is 5.69 Å². The molecule has 0 radical (unpaired) electrons. The highest BCUT2D eigenvalue weighted by Gasteiger charge is 2.10. The number of aromatic nitrogens is 6. The van der Waals surface area contributed by atoms with Crippen LogP contribution in [0.5, 0.6) is 0 Å². The molecule has 0 spiro atoms. The van der Waals surface area contributed by atoms with E-state index in [4.69, 9.17) is 5.26 Å². The molecule has 0 aliphatic carbocycles. The van der Waals surface area contributed by atoms with Crippen LogP contribution in [0.4, 0.5) is 0 Å². The van der Waals surface area contributed by atoms with Crippen molar-refractivity contribution in [3.05, 3.63) is 70.5 Å². The van der Waals surface area contributed by atoms with Crippen molar-refractivity contribution in [2.45, 2.75) is 10.9 Å². The highest BCUT2D eigenvalue weighted by molar-refractivity contribution is 7.98. The molecule has 0 amide bonds. The third-order valence-electron chi connectivity index (χ3n) is 3.51. The van der Waals surface area contributed by atoms with E-state index >= 15 is 0 Å². The molecule has 0 fully saturated rings. The second-order valence-electron chi connectivity index (χ2n) is 5.14. The molecular formula is C16H11N7OS. The van der Waals surface area contributed by atoms with Crippen molar-refractivity contribution in [2.24, 2.45) is 0 Å². The van der Waals surface area contributed by atoms with E-state index in [2.05, 4.69) is 20.2 Å². The van der Waals surface area contributed by atoms with Gasteiger partial charge in [-0.3, -0.25) is 9.89 Å². The van der Waals surface area contributed by atoms with Crippen LogP contribution in [-0.4, -0.2) is 29.4 Å². The Labute approximate surface area is 145 Å². The summed E-state index contributed by atoms with van der Waals surface area (Å²) in [7, 11) is 0. The lowest BCUT2D eigenvalue weighted by molar-refractivity contribution is 0.834. The zero-order chi connectivity index (χ0) is 17.2. The van der Waals surface area contributed by atoms with Crippen molar-refractivity contribution in [3.63, 3.8) is 0 Å². The van der Waals surface area contributed by atoms with E-state index in [1.165, 1.54) is 28.5 Å². The van der Waals surface area contributed by atoms with Crippen molar-refractivity contribution in [1.29, 1.82) is 5.26 Å². The second kappa shape index (κ2) is 6.26. The minimum absolute atomic E-state index is 0.259. The third kappa shape index (κ3) is 2.90. The van der Waals surface area contributed by atoms with Gasteiger partial charge in [0.15, 0.2) is 5.65 Å². The lowest BCUT2D eigenvalue weighted by Gasteiger charge is -2.00.